The topological polar surface area (TPSA) is 125 Å². The van der Waals surface area contributed by atoms with Crippen LogP contribution in [-0.4, -0.2) is 17.2 Å². The average Bonchev–Trinajstić information content (AvgIpc) is 3.43. The lowest BCUT2D eigenvalue weighted by molar-refractivity contribution is -0.711. The highest BCUT2D eigenvalue weighted by molar-refractivity contribution is 7.47. The Balaban J connectivity index is 1.44. The molecule has 3 aromatic heterocycles. The smallest absolute Gasteiger partial charge is 0.436 e. The van der Waals surface area contributed by atoms with E-state index < -0.39 is 13.8 Å². The summed E-state index contributed by atoms with van der Waals surface area (Å²) in [5.41, 5.74) is 9.47. The second-order valence-electron chi connectivity index (χ2n) is 7.24. The molecule has 0 radical (unpaired) electrons. The van der Waals surface area contributed by atoms with Crippen molar-refractivity contribution < 1.29 is 36.4 Å². The number of benzene rings is 1. The molecule has 9 nitrogen and oxygen atoms in total. The Hall–Kier alpha value is -3.30. The monoisotopic (exact) mass is 474 g/mol. The van der Waals surface area contributed by atoms with Crippen LogP contribution in [0, 0.1) is 6.01 Å². The maximum Gasteiger partial charge on any atom is 0.475 e. The predicted molar refractivity (Wildman–Crippen MR) is 115 cm³/mol. The van der Waals surface area contributed by atoms with Gasteiger partial charge in [0.15, 0.2) is 5.76 Å². The molecule has 0 fully saturated rings. The Morgan fingerprint density at radius 3 is 2.55 bits per heavy atom. The van der Waals surface area contributed by atoms with E-state index in [1.54, 1.807) is 30.5 Å². The number of aromatic nitrogens is 2. The van der Waals surface area contributed by atoms with Gasteiger partial charge in [0, 0.05) is 32.1 Å². The molecular weight excluding hydrogens is 452 g/mol. The summed E-state index contributed by atoms with van der Waals surface area (Å²) < 4.78 is 45.7. The van der Waals surface area contributed by atoms with E-state index in [1.165, 1.54) is 10.6 Å². The SMILES string of the molecule is COP(=O)(O)OC[n+]1cccc(-c2cc(Cc3ccc(Cc4ccc(F)o4)cc3)no2)c1N. The van der Waals surface area contributed by atoms with E-state index in [0.717, 1.165) is 18.2 Å². The molecule has 172 valence electrons. The van der Waals surface area contributed by atoms with Crippen molar-refractivity contribution >= 4 is 13.6 Å². The van der Waals surface area contributed by atoms with E-state index >= 15 is 0 Å². The van der Waals surface area contributed by atoms with Crippen LogP contribution in [0.25, 0.3) is 11.3 Å². The maximum absolute atomic E-state index is 13.0. The van der Waals surface area contributed by atoms with Crippen LogP contribution in [0.3, 0.4) is 0 Å². The number of halogens is 1. The summed E-state index contributed by atoms with van der Waals surface area (Å²) in [7, 11) is -3.06. The van der Waals surface area contributed by atoms with E-state index in [0.29, 0.717) is 35.6 Å². The number of nitrogens with two attached hydrogens (primary N) is 1. The van der Waals surface area contributed by atoms with Crippen LogP contribution in [0.4, 0.5) is 10.2 Å². The third-order valence-electron chi connectivity index (χ3n) is 4.94. The number of hydrogen-bond acceptors (Lipinski definition) is 7. The summed E-state index contributed by atoms with van der Waals surface area (Å²) >= 11 is 0. The fourth-order valence-corrected chi connectivity index (χ4v) is 3.60. The molecule has 0 spiro atoms. The summed E-state index contributed by atoms with van der Waals surface area (Å²) in [5.74, 6) is 1.29. The number of anilines is 1. The van der Waals surface area contributed by atoms with E-state index in [-0.39, 0.29) is 12.5 Å². The lowest BCUT2D eigenvalue weighted by Crippen LogP contribution is -2.38. The summed E-state index contributed by atoms with van der Waals surface area (Å²) in [6, 6.07) is 15.4. The zero-order chi connectivity index (χ0) is 23.4. The Kier molecular flexibility index (Phi) is 6.71. The Morgan fingerprint density at radius 2 is 1.88 bits per heavy atom. The first-order chi connectivity index (χ1) is 15.8. The minimum absolute atomic E-state index is 0.273. The first kappa shape index (κ1) is 22.9. The van der Waals surface area contributed by atoms with Gasteiger partial charge >= 0.3 is 7.82 Å². The summed E-state index contributed by atoms with van der Waals surface area (Å²) in [4.78, 5) is 9.41. The van der Waals surface area contributed by atoms with Gasteiger partial charge in [0.25, 0.3) is 11.8 Å². The van der Waals surface area contributed by atoms with Crippen LogP contribution < -0.4 is 10.3 Å². The summed E-state index contributed by atoms with van der Waals surface area (Å²) in [6.45, 7) is -0.278. The quantitative estimate of drug-likeness (QED) is 0.277. The molecule has 0 saturated heterocycles. The third kappa shape index (κ3) is 5.74. The number of hydrogen-bond donors (Lipinski definition) is 2. The number of furan rings is 1. The van der Waals surface area contributed by atoms with Gasteiger partial charge in [0.05, 0.1) is 11.9 Å². The number of rotatable bonds is 9. The number of phosphoric acid groups is 1. The highest BCUT2D eigenvalue weighted by Crippen LogP contribution is 2.41. The first-order valence-electron chi connectivity index (χ1n) is 9.92. The Morgan fingerprint density at radius 1 is 1.15 bits per heavy atom. The van der Waals surface area contributed by atoms with E-state index in [1.807, 2.05) is 24.3 Å². The fraction of sp³-hybridized carbons (Fsp3) is 0.182. The van der Waals surface area contributed by atoms with Crippen LogP contribution in [0.2, 0.25) is 0 Å². The molecule has 0 aliphatic carbocycles. The molecule has 0 aliphatic heterocycles. The van der Waals surface area contributed by atoms with Crippen LogP contribution in [0.15, 0.2) is 69.7 Å². The van der Waals surface area contributed by atoms with Crippen molar-refractivity contribution in [1.82, 2.24) is 5.16 Å². The molecule has 1 atom stereocenters. The molecule has 33 heavy (non-hydrogen) atoms. The molecule has 1 aromatic carbocycles. The zero-order valence-corrected chi connectivity index (χ0v) is 18.6. The van der Waals surface area contributed by atoms with E-state index in [2.05, 4.69) is 9.68 Å². The molecule has 3 heterocycles. The van der Waals surface area contributed by atoms with E-state index in [9.17, 15) is 13.8 Å². The zero-order valence-electron chi connectivity index (χ0n) is 17.7. The first-order valence-corrected chi connectivity index (χ1v) is 11.4. The fourth-order valence-electron chi connectivity index (χ4n) is 3.23. The molecule has 3 N–H and O–H groups in total. The highest BCUT2D eigenvalue weighted by Gasteiger charge is 2.22. The van der Waals surface area contributed by atoms with E-state index in [4.69, 9.17) is 19.2 Å². The summed E-state index contributed by atoms with van der Waals surface area (Å²) in [6.07, 6.45) is 2.65. The number of phosphoric ester groups is 1. The molecule has 4 aromatic rings. The van der Waals surface area contributed by atoms with Crippen molar-refractivity contribution in [3.05, 3.63) is 89.4 Å². The predicted octanol–water partition coefficient (Wildman–Crippen LogP) is 3.85. The van der Waals surface area contributed by atoms with Crippen molar-refractivity contribution in [3.63, 3.8) is 0 Å². The van der Waals surface area contributed by atoms with Crippen molar-refractivity contribution in [2.45, 2.75) is 19.6 Å². The van der Waals surface area contributed by atoms with Gasteiger partial charge < -0.3 is 13.8 Å². The van der Waals surface area contributed by atoms with Gasteiger partial charge in [-0.3, -0.25) is 10.3 Å². The van der Waals surface area contributed by atoms with Gasteiger partial charge in [-0.25, -0.2) is 13.7 Å². The summed E-state index contributed by atoms with van der Waals surface area (Å²) in [5, 5.41) is 4.12. The average molecular weight is 474 g/mol. The molecule has 1 unspecified atom stereocenters. The minimum Gasteiger partial charge on any atom is -0.436 e. The van der Waals surface area contributed by atoms with Crippen LogP contribution in [-0.2, 0) is 33.2 Å². The van der Waals surface area contributed by atoms with Crippen LogP contribution in [0.5, 0.6) is 0 Å². The largest absolute Gasteiger partial charge is 0.475 e. The molecule has 0 saturated carbocycles. The number of nitrogens with zero attached hydrogens (tertiary/aromatic N) is 2. The normalized spacial score (nSPS) is 13.2. The van der Waals surface area contributed by atoms with Crippen LogP contribution >= 0.6 is 7.82 Å². The lowest BCUT2D eigenvalue weighted by atomic mass is 10.0. The van der Waals surface area contributed by atoms with Crippen molar-refractivity contribution in [1.29, 1.82) is 0 Å². The van der Waals surface area contributed by atoms with Gasteiger partial charge in [0.2, 0.25) is 6.73 Å². The molecular formula is C22H22FN3O6P+. The minimum atomic E-state index is -4.14. The van der Waals surface area contributed by atoms with Crippen molar-refractivity contribution in [3.8, 4) is 11.3 Å². The Bertz CT molecular complexity index is 1290. The lowest BCUT2D eigenvalue weighted by Gasteiger charge is -2.09. The molecule has 0 bridgehead atoms. The standard InChI is InChI=1S/C22H21FN3O6P/c1-29-33(27,28)30-14-26-10-2-3-19(22(26)24)20-13-17(25-32-20)11-15-4-6-16(7-5-15)12-18-8-9-21(23)31-18/h2-10,13,24H,11-12,14H2,1H3,(H,27,28)/p+1. The molecule has 0 amide bonds. The molecule has 4 rings (SSSR count). The van der Waals surface area contributed by atoms with Crippen LogP contribution in [0.1, 0.15) is 22.6 Å². The van der Waals surface area contributed by atoms with Gasteiger partial charge in [0.1, 0.15) is 11.3 Å². The van der Waals surface area contributed by atoms with Gasteiger partial charge in [-0.15, -0.1) is 0 Å². The second-order valence-corrected chi connectivity index (χ2v) is 8.81. The Labute approximate surface area is 188 Å². The van der Waals surface area contributed by atoms with Crippen molar-refractivity contribution in [2.24, 2.45) is 0 Å². The second kappa shape index (κ2) is 9.68. The van der Waals surface area contributed by atoms with Gasteiger partial charge in [-0.05, 0) is 29.3 Å². The third-order valence-corrected chi connectivity index (χ3v) is 5.85. The number of pyridine rings is 1. The maximum atomic E-state index is 13.0. The highest BCUT2D eigenvalue weighted by atomic mass is 31.2. The number of nitrogen functional groups attached to an aromatic ring is 1. The molecule has 0 aliphatic rings. The van der Waals surface area contributed by atoms with Crippen molar-refractivity contribution in [2.75, 3.05) is 12.8 Å². The molecule has 11 heteroatoms. The van der Waals surface area contributed by atoms with Gasteiger partial charge in [-0.2, -0.15) is 4.39 Å². The van der Waals surface area contributed by atoms with Gasteiger partial charge in [-0.1, -0.05) is 29.4 Å².